The lowest BCUT2D eigenvalue weighted by molar-refractivity contribution is -0.140. The van der Waals surface area contributed by atoms with Gasteiger partial charge in [-0.3, -0.25) is 4.79 Å². The van der Waals surface area contributed by atoms with Gasteiger partial charge in [0.05, 0.1) is 5.41 Å². The van der Waals surface area contributed by atoms with Gasteiger partial charge in [0.25, 0.3) is 0 Å². The number of ether oxygens (including phenoxy) is 2. The van der Waals surface area contributed by atoms with Gasteiger partial charge < -0.3 is 18.9 Å². The summed E-state index contributed by atoms with van der Waals surface area (Å²) in [6.45, 7) is 3.65. The molecule has 1 unspecified atom stereocenters. The van der Waals surface area contributed by atoms with Gasteiger partial charge in [-0.05, 0) is 44.9 Å². The third-order valence-electron chi connectivity index (χ3n) is 6.61. The molecule has 7 nitrogen and oxygen atoms in total. The summed E-state index contributed by atoms with van der Waals surface area (Å²) in [5, 5.41) is 4.39. The van der Waals surface area contributed by atoms with Crippen LogP contribution in [-0.2, 0) is 19.7 Å². The lowest BCUT2D eigenvalue weighted by Gasteiger charge is -2.43. The van der Waals surface area contributed by atoms with E-state index in [1.807, 2.05) is 4.90 Å². The van der Waals surface area contributed by atoms with Crippen molar-refractivity contribution in [2.24, 2.45) is 5.92 Å². The topological polar surface area (TPSA) is 77.7 Å². The minimum atomic E-state index is -0.263. The molecule has 0 aromatic carbocycles. The van der Waals surface area contributed by atoms with Crippen molar-refractivity contribution in [1.82, 2.24) is 15.0 Å². The molecule has 0 spiro atoms. The molecule has 7 heteroatoms. The van der Waals surface area contributed by atoms with Gasteiger partial charge in [0.2, 0.25) is 11.8 Å². The quantitative estimate of drug-likeness (QED) is 0.758. The Morgan fingerprint density at radius 2 is 2.07 bits per heavy atom. The van der Waals surface area contributed by atoms with Crippen LogP contribution < -0.4 is 0 Å². The van der Waals surface area contributed by atoms with Crippen LogP contribution >= 0.6 is 0 Å². The molecule has 3 heterocycles. The standard InChI is InChI=1S/C20H31N3O4/c1-25-13-9-20(8-3-10-23(14-20)18(24)16-4-2-5-16)19-21-17(27-22-19)15-6-11-26-12-7-15/h15-16H,2-14H2,1H3. The van der Waals surface area contributed by atoms with Crippen LogP contribution in [0.1, 0.15) is 69.0 Å². The van der Waals surface area contributed by atoms with Crippen molar-refractivity contribution < 1.29 is 18.8 Å². The number of amides is 1. The van der Waals surface area contributed by atoms with Crippen molar-refractivity contribution in [1.29, 1.82) is 0 Å². The fraction of sp³-hybridized carbons (Fsp3) is 0.850. The predicted molar refractivity (Wildman–Crippen MR) is 98.4 cm³/mol. The smallest absolute Gasteiger partial charge is 0.229 e. The van der Waals surface area contributed by atoms with E-state index in [2.05, 4.69) is 5.16 Å². The van der Waals surface area contributed by atoms with Gasteiger partial charge in [-0.1, -0.05) is 11.6 Å². The zero-order chi connectivity index (χ0) is 18.7. The minimum absolute atomic E-state index is 0.228. The molecule has 1 saturated carbocycles. The summed E-state index contributed by atoms with van der Waals surface area (Å²) in [6, 6.07) is 0. The molecule has 150 valence electrons. The first kappa shape index (κ1) is 18.9. The molecule has 27 heavy (non-hydrogen) atoms. The number of rotatable bonds is 6. The molecule has 0 N–H and O–H groups in total. The molecule has 4 rings (SSSR count). The van der Waals surface area contributed by atoms with Gasteiger partial charge >= 0.3 is 0 Å². The normalized spacial score (nSPS) is 27.5. The van der Waals surface area contributed by atoms with Crippen molar-refractivity contribution in [2.45, 2.75) is 62.7 Å². The summed E-state index contributed by atoms with van der Waals surface area (Å²) in [5.41, 5.74) is -0.263. The van der Waals surface area contributed by atoms with Gasteiger partial charge in [0.1, 0.15) is 0 Å². The van der Waals surface area contributed by atoms with Crippen molar-refractivity contribution in [3.8, 4) is 0 Å². The lowest BCUT2D eigenvalue weighted by atomic mass is 9.75. The van der Waals surface area contributed by atoms with E-state index in [9.17, 15) is 4.79 Å². The molecule has 1 aromatic heterocycles. The number of hydrogen-bond acceptors (Lipinski definition) is 6. The highest BCUT2D eigenvalue weighted by molar-refractivity contribution is 5.79. The highest BCUT2D eigenvalue weighted by atomic mass is 16.5. The first-order valence-corrected chi connectivity index (χ1v) is 10.4. The summed E-state index contributed by atoms with van der Waals surface area (Å²) < 4.78 is 16.5. The van der Waals surface area contributed by atoms with E-state index in [0.717, 1.165) is 76.4 Å². The molecule has 2 saturated heterocycles. The number of methoxy groups -OCH3 is 1. The molecule has 1 atom stereocenters. The average molecular weight is 377 g/mol. The Morgan fingerprint density at radius 3 is 2.78 bits per heavy atom. The molecular weight excluding hydrogens is 346 g/mol. The van der Waals surface area contributed by atoms with E-state index in [1.165, 1.54) is 6.42 Å². The number of carbonyl (C=O) groups excluding carboxylic acids is 1. The van der Waals surface area contributed by atoms with E-state index < -0.39 is 0 Å². The minimum Gasteiger partial charge on any atom is -0.385 e. The Kier molecular flexibility index (Phi) is 5.78. The Balaban J connectivity index is 1.54. The number of likely N-dealkylation sites (tertiary alicyclic amines) is 1. The summed E-state index contributed by atoms with van der Waals surface area (Å²) in [6.07, 6.45) is 7.87. The SMILES string of the molecule is COCCC1(c2noc(C3CCOCC3)n2)CCCN(C(=O)C2CCC2)C1. The summed E-state index contributed by atoms with van der Waals surface area (Å²) >= 11 is 0. The van der Waals surface area contributed by atoms with Crippen LogP contribution in [0.4, 0.5) is 0 Å². The molecule has 0 bridgehead atoms. The number of aromatic nitrogens is 2. The van der Waals surface area contributed by atoms with Gasteiger partial charge in [-0.15, -0.1) is 0 Å². The Hall–Kier alpha value is -1.47. The third kappa shape index (κ3) is 3.90. The summed E-state index contributed by atoms with van der Waals surface area (Å²) in [7, 11) is 1.72. The fourth-order valence-corrected chi connectivity index (χ4v) is 4.59. The Bertz CT molecular complexity index is 639. The molecule has 1 amide bonds. The molecule has 3 fully saturated rings. The zero-order valence-electron chi connectivity index (χ0n) is 16.3. The zero-order valence-corrected chi connectivity index (χ0v) is 16.3. The van der Waals surface area contributed by atoms with E-state index in [-0.39, 0.29) is 17.3 Å². The monoisotopic (exact) mass is 377 g/mol. The number of hydrogen-bond donors (Lipinski definition) is 0. The maximum atomic E-state index is 12.8. The van der Waals surface area contributed by atoms with Gasteiger partial charge in [0, 0.05) is 51.9 Å². The molecule has 1 aromatic rings. The second-order valence-corrected chi connectivity index (χ2v) is 8.36. The third-order valence-corrected chi connectivity index (χ3v) is 6.61. The Morgan fingerprint density at radius 1 is 1.26 bits per heavy atom. The van der Waals surface area contributed by atoms with Crippen molar-refractivity contribution in [2.75, 3.05) is 40.0 Å². The second kappa shape index (κ2) is 8.27. The fourth-order valence-electron chi connectivity index (χ4n) is 4.59. The van der Waals surface area contributed by atoms with E-state index in [1.54, 1.807) is 7.11 Å². The van der Waals surface area contributed by atoms with Crippen LogP contribution in [0, 0.1) is 5.92 Å². The summed E-state index contributed by atoms with van der Waals surface area (Å²) in [5.74, 6) is 2.32. The van der Waals surface area contributed by atoms with Crippen LogP contribution in [0.5, 0.6) is 0 Å². The summed E-state index contributed by atoms with van der Waals surface area (Å²) in [4.78, 5) is 19.7. The van der Waals surface area contributed by atoms with Crippen LogP contribution in [0.3, 0.4) is 0 Å². The molecular formula is C20H31N3O4. The predicted octanol–water partition coefficient (Wildman–Crippen LogP) is 2.66. The molecule has 1 aliphatic carbocycles. The largest absolute Gasteiger partial charge is 0.385 e. The van der Waals surface area contributed by atoms with Crippen molar-refractivity contribution >= 4 is 5.91 Å². The van der Waals surface area contributed by atoms with Crippen LogP contribution in [0.25, 0.3) is 0 Å². The first-order valence-electron chi connectivity index (χ1n) is 10.4. The van der Waals surface area contributed by atoms with E-state index >= 15 is 0 Å². The highest BCUT2D eigenvalue weighted by Gasteiger charge is 2.44. The maximum Gasteiger partial charge on any atom is 0.229 e. The van der Waals surface area contributed by atoms with Crippen LogP contribution in [-0.4, -0.2) is 61.0 Å². The van der Waals surface area contributed by atoms with Crippen molar-refractivity contribution in [3.05, 3.63) is 11.7 Å². The highest BCUT2D eigenvalue weighted by Crippen LogP contribution is 2.39. The molecule has 2 aliphatic heterocycles. The number of nitrogens with zero attached hydrogens (tertiary/aromatic N) is 3. The van der Waals surface area contributed by atoms with Gasteiger partial charge in [-0.2, -0.15) is 4.98 Å². The number of carbonyl (C=O) groups is 1. The van der Waals surface area contributed by atoms with E-state index in [4.69, 9.17) is 19.0 Å². The van der Waals surface area contributed by atoms with Crippen LogP contribution in [0.15, 0.2) is 4.52 Å². The maximum absolute atomic E-state index is 12.8. The Labute approximate surface area is 160 Å². The molecule has 0 radical (unpaired) electrons. The molecule has 3 aliphatic rings. The van der Waals surface area contributed by atoms with Crippen LogP contribution in [0.2, 0.25) is 0 Å². The van der Waals surface area contributed by atoms with E-state index in [0.29, 0.717) is 19.1 Å². The first-order chi connectivity index (χ1) is 13.2. The van der Waals surface area contributed by atoms with Crippen molar-refractivity contribution in [3.63, 3.8) is 0 Å². The average Bonchev–Trinajstić information content (AvgIpc) is 3.17. The number of piperidine rings is 1. The van der Waals surface area contributed by atoms with Gasteiger partial charge in [-0.25, -0.2) is 0 Å². The van der Waals surface area contributed by atoms with Gasteiger partial charge in [0.15, 0.2) is 5.82 Å². The lowest BCUT2D eigenvalue weighted by Crippen LogP contribution is -2.51. The second-order valence-electron chi connectivity index (χ2n) is 8.36.